The van der Waals surface area contributed by atoms with Gasteiger partial charge < -0.3 is 19.3 Å². The van der Waals surface area contributed by atoms with Gasteiger partial charge >= 0.3 is 5.97 Å². The Morgan fingerprint density at radius 1 is 1.09 bits per heavy atom. The van der Waals surface area contributed by atoms with Gasteiger partial charge in [0.05, 0.1) is 16.8 Å². The normalized spacial score (nSPS) is 27.9. The number of rotatable bonds is 8. The van der Waals surface area contributed by atoms with Crippen LogP contribution in [0.4, 0.5) is 0 Å². The van der Waals surface area contributed by atoms with Crippen LogP contribution in [0, 0.1) is 37.0 Å². The van der Waals surface area contributed by atoms with E-state index in [1.807, 2.05) is 13.8 Å². The predicted octanol–water partition coefficient (Wildman–Crippen LogP) is 4.75. The second-order valence-electron chi connectivity index (χ2n) is 10.8. The van der Waals surface area contributed by atoms with Crippen LogP contribution in [-0.4, -0.2) is 29.7 Å². The van der Waals surface area contributed by atoms with E-state index in [9.17, 15) is 9.59 Å². The maximum absolute atomic E-state index is 12.6. The summed E-state index contributed by atoms with van der Waals surface area (Å²) in [7, 11) is 0. The van der Waals surface area contributed by atoms with Crippen molar-refractivity contribution in [2.75, 3.05) is 6.61 Å². The van der Waals surface area contributed by atoms with E-state index in [0.717, 1.165) is 34.8 Å². The van der Waals surface area contributed by atoms with Gasteiger partial charge in [-0.3, -0.25) is 4.79 Å². The average molecular weight is 467 g/mol. The Morgan fingerprint density at radius 3 is 2.26 bits per heavy atom. The lowest BCUT2D eigenvalue weighted by atomic mass is 9.48. The molecule has 4 aliphatic rings. The molecule has 1 N–H and O–H groups in total. The van der Waals surface area contributed by atoms with Crippen LogP contribution in [0.15, 0.2) is 28.8 Å². The fourth-order valence-electron chi connectivity index (χ4n) is 6.91. The van der Waals surface area contributed by atoms with Gasteiger partial charge in [-0.25, -0.2) is 4.79 Å². The summed E-state index contributed by atoms with van der Waals surface area (Å²) in [6, 6.07) is 6.82. The standard InChI is InChI=1S/C27H34N2O5/c1-16-24(17(2)34-29-16)14-32-23-6-4-22(5-7-23)26(31)33-15-25(30)28-18(3)27-11-19-8-20(12-27)10-21(9-19)13-27/h4-7,18-21H,8-15H2,1-3H3,(H,28,30)/t18-,19?,20?,21?,27?/m0/s1. The number of hydrogen-bond acceptors (Lipinski definition) is 6. The molecule has 4 saturated carbocycles. The van der Waals surface area contributed by atoms with Crippen LogP contribution in [0.1, 0.15) is 72.8 Å². The fourth-order valence-corrected chi connectivity index (χ4v) is 6.91. The maximum Gasteiger partial charge on any atom is 0.338 e. The zero-order chi connectivity index (χ0) is 23.9. The first-order valence-electron chi connectivity index (χ1n) is 12.4. The minimum Gasteiger partial charge on any atom is -0.489 e. The molecule has 0 saturated heterocycles. The molecule has 1 aromatic carbocycles. The van der Waals surface area contributed by atoms with Crippen LogP contribution in [0.5, 0.6) is 5.75 Å². The van der Waals surface area contributed by atoms with Crippen molar-refractivity contribution in [2.24, 2.45) is 23.2 Å². The van der Waals surface area contributed by atoms with Crippen molar-refractivity contribution in [3.8, 4) is 5.75 Å². The van der Waals surface area contributed by atoms with Crippen LogP contribution in [0.25, 0.3) is 0 Å². The molecule has 0 spiro atoms. The number of amides is 1. The highest BCUT2D eigenvalue weighted by Crippen LogP contribution is 2.61. The van der Waals surface area contributed by atoms with E-state index < -0.39 is 5.97 Å². The zero-order valence-corrected chi connectivity index (χ0v) is 20.3. The molecule has 1 atom stereocenters. The minimum atomic E-state index is -0.519. The summed E-state index contributed by atoms with van der Waals surface area (Å²) in [6.45, 7) is 5.92. The van der Waals surface area contributed by atoms with E-state index in [1.165, 1.54) is 38.5 Å². The number of ether oxygens (including phenoxy) is 2. The monoisotopic (exact) mass is 466 g/mol. The molecule has 2 aromatic rings. The number of aryl methyl sites for hydroxylation is 2. The lowest BCUT2D eigenvalue weighted by Crippen LogP contribution is -2.56. The van der Waals surface area contributed by atoms with Gasteiger partial charge in [-0.05, 0) is 107 Å². The summed E-state index contributed by atoms with van der Waals surface area (Å²) in [5.74, 6) is 3.11. The van der Waals surface area contributed by atoms with Crippen molar-refractivity contribution >= 4 is 11.9 Å². The first kappa shape index (κ1) is 22.9. The third-order valence-electron chi connectivity index (χ3n) is 8.37. The molecule has 4 aliphatic carbocycles. The molecule has 4 bridgehead atoms. The molecule has 0 aliphatic heterocycles. The summed E-state index contributed by atoms with van der Waals surface area (Å²) in [5.41, 5.74) is 2.32. The average Bonchev–Trinajstić information content (AvgIpc) is 3.12. The Balaban J connectivity index is 1.09. The first-order valence-corrected chi connectivity index (χ1v) is 12.4. The van der Waals surface area contributed by atoms with Crippen molar-refractivity contribution < 1.29 is 23.6 Å². The minimum absolute atomic E-state index is 0.112. The van der Waals surface area contributed by atoms with E-state index in [2.05, 4.69) is 17.4 Å². The summed E-state index contributed by atoms with van der Waals surface area (Å²) in [4.78, 5) is 25.0. The van der Waals surface area contributed by atoms with Gasteiger partial charge in [0, 0.05) is 6.04 Å². The van der Waals surface area contributed by atoms with Crippen molar-refractivity contribution in [1.29, 1.82) is 0 Å². The number of carbonyl (C=O) groups excluding carboxylic acids is 2. The number of benzene rings is 1. The molecule has 0 radical (unpaired) electrons. The fraction of sp³-hybridized carbons (Fsp3) is 0.593. The quantitative estimate of drug-likeness (QED) is 0.565. The van der Waals surface area contributed by atoms with Crippen molar-refractivity contribution in [1.82, 2.24) is 10.5 Å². The molecule has 4 fully saturated rings. The van der Waals surface area contributed by atoms with Gasteiger partial charge in [-0.15, -0.1) is 0 Å². The topological polar surface area (TPSA) is 90.7 Å². The van der Waals surface area contributed by atoms with Crippen LogP contribution in [0.2, 0.25) is 0 Å². The van der Waals surface area contributed by atoms with Gasteiger partial charge in [0.1, 0.15) is 18.1 Å². The molecule has 1 amide bonds. The number of carbonyl (C=O) groups is 2. The summed E-state index contributed by atoms with van der Waals surface area (Å²) < 4.78 is 16.2. The Morgan fingerprint density at radius 2 is 1.71 bits per heavy atom. The zero-order valence-electron chi connectivity index (χ0n) is 20.3. The molecule has 0 unspecified atom stereocenters. The third kappa shape index (κ3) is 4.57. The second-order valence-corrected chi connectivity index (χ2v) is 10.8. The number of nitrogens with zero attached hydrogens (tertiary/aromatic N) is 1. The second kappa shape index (κ2) is 9.08. The molecule has 7 heteroatoms. The van der Waals surface area contributed by atoms with Gasteiger partial charge in [-0.1, -0.05) is 5.16 Å². The van der Waals surface area contributed by atoms with Crippen molar-refractivity contribution in [2.45, 2.75) is 71.9 Å². The SMILES string of the molecule is Cc1noc(C)c1COc1ccc(C(=O)OCC(=O)N[C@@H](C)C23CC4CC(CC(C4)C2)C3)cc1. The summed E-state index contributed by atoms with van der Waals surface area (Å²) in [5, 5.41) is 7.06. The number of aromatic nitrogens is 1. The molecule has 1 heterocycles. The predicted molar refractivity (Wildman–Crippen MR) is 125 cm³/mol. The van der Waals surface area contributed by atoms with Gasteiger partial charge in [-0.2, -0.15) is 0 Å². The lowest BCUT2D eigenvalue weighted by molar-refractivity contribution is -0.128. The Labute approximate surface area is 200 Å². The van der Waals surface area contributed by atoms with Crippen LogP contribution in [0.3, 0.4) is 0 Å². The van der Waals surface area contributed by atoms with Crippen molar-refractivity contribution in [3.05, 3.63) is 46.8 Å². The highest BCUT2D eigenvalue weighted by molar-refractivity contribution is 5.91. The van der Waals surface area contributed by atoms with E-state index in [1.54, 1.807) is 24.3 Å². The van der Waals surface area contributed by atoms with Gasteiger partial charge in [0.25, 0.3) is 5.91 Å². The van der Waals surface area contributed by atoms with E-state index >= 15 is 0 Å². The molecule has 182 valence electrons. The highest BCUT2D eigenvalue weighted by Gasteiger charge is 2.53. The Bertz CT molecular complexity index is 1000. The van der Waals surface area contributed by atoms with Crippen LogP contribution >= 0.6 is 0 Å². The summed E-state index contributed by atoms with van der Waals surface area (Å²) in [6.07, 6.45) is 7.81. The highest BCUT2D eigenvalue weighted by atomic mass is 16.5. The number of esters is 1. The maximum atomic E-state index is 12.6. The van der Waals surface area contributed by atoms with Gasteiger partial charge in [0.2, 0.25) is 0 Å². The number of nitrogens with one attached hydrogen (secondary N) is 1. The molecule has 6 rings (SSSR count). The number of hydrogen-bond donors (Lipinski definition) is 1. The van der Waals surface area contributed by atoms with Crippen LogP contribution in [-0.2, 0) is 16.1 Å². The molecule has 7 nitrogen and oxygen atoms in total. The molecule has 1 aromatic heterocycles. The smallest absolute Gasteiger partial charge is 0.338 e. The van der Waals surface area contributed by atoms with E-state index in [0.29, 0.717) is 17.9 Å². The summed E-state index contributed by atoms with van der Waals surface area (Å²) >= 11 is 0. The lowest BCUT2D eigenvalue weighted by Gasteiger charge is -2.59. The molecule has 34 heavy (non-hydrogen) atoms. The Hall–Kier alpha value is -2.83. The van der Waals surface area contributed by atoms with Crippen LogP contribution < -0.4 is 10.1 Å². The first-order chi connectivity index (χ1) is 16.3. The van der Waals surface area contributed by atoms with E-state index in [4.69, 9.17) is 14.0 Å². The Kier molecular flexibility index (Phi) is 6.13. The van der Waals surface area contributed by atoms with Gasteiger partial charge in [0.15, 0.2) is 6.61 Å². The van der Waals surface area contributed by atoms with E-state index in [-0.39, 0.29) is 24.0 Å². The largest absolute Gasteiger partial charge is 0.489 e. The molecular weight excluding hydrogens is 432 g/mol. The van der Waals surface area contributed by atoms with Crippen molar-refractivity contribution in [3.63, 3.8) is 0 Å². The molecular formula is C27H34N2O5. The third-order valence-corrected chi connectivity index (χ3v) is 8.37.